The Labute approximate surface area is 133 Å². The van der Waals surface area contributed by atoms with Crippen molar-refractivity contribution in [2.24, 2.45) is 5.92 Å². The monoisotopic (exact) mass is 344 g/mol. The standard InChI is InChI=1S/C14H17ClN2O2S2/c1-21(18,19)12-4-2-3-11-14(12)16-13(7-15)17(11)8-10-5-6-20-9-10/h2-4,10H,5-9H2,1H3. The lowest BCUT2D eigenvalue weighted by molar-refractivity contribution is 0.493. The third kappa shape index (κ3) is 2.94. The van der Waals surface area contributed by atoms with E-state index in [1.54, 1.807) is 12.1 Å². The molecule has 1 aromatic heterocycles. The fourth-order valence-electron chi connectivity index (χ4n) is 2.76. The van der Waals surface area contributed by atoms with E-state index in [1.165, 1.54) is 18.4 Å². The Morgan fingerprint density at radius 3 is 2.90 bits per heavy atom. The Bertz CT molecular complexity index is 765. The number of thioether (sulfide) groups is 1. The second kappa shape index (κ2) is 5.82. The molecule has 0 bridgehead atoms. The van der Waals surface area contributed by atoms with Crippen molar-refractivity contribution in [2.45, 2.75) is 23.7 Å². The van der Waals surface area contributed by atoms with Crippen LogP contribution in [0.4, 0.5) is 0 Å². The summed E-state index contributed by atoms with van der Waals surface area (Å²) in [6.45, 7) is 0.860. The normalized spacial score (nSPS) is 19.4. The van der Waals surface area contributed by atoms with Gasteiger partial charge in [0.25, 0.3) is 0 Å². The van der Waals surface area contributed by atoms with Gasteiger partial charge in [-0.15, -0.1) is 11.6 Å². The number of hydrogen-bond donors (Lipinski definition) is 0. The lowest BCUT2D eigenvalue weighted by atomic mass is 10.1. The summed E-state index contributed by atoms with van der Waals surface area (Å²) in [5.74, 6) is 3.99. The van der Waals surface area contributed by atoms with Crippen LogP contribution in [-0.4, -0.2) is 35.7 Å². The van der Waals surface area contributed by atoms with Crippen molar-refractivity contribution in [1.29, 1.82) is 0 Å². The van der Waals surface area contributed by atoms with Gasteiger partial charge in [0.05, 0.1) is 16.3 Å². The fraction of sp³-hybridized carbons (Fsp3) is 0.500. The zero-order chi connectivity index (χ0) is 15.0. The van der Waals surface area contributed by atoms with Crippen molar-refractivity contribution in [3.63, 3.8) is 0 Å². The number of nitrogens with zero attached hydrogens (tertiary/aromatic N) is 2. The van der Waals surface area contributed by atoms with Crippen LogP contribution in [0.15, 0.2) is 23.1 Å². The molecule has 0 spiro atoms. The van der Waals surface area contributed by atoms with E-state index < -0.39 is 9.84 Å². The average Bonchev–Trinajstić information content (AvgIpc) is 3.05. The molecule has 3 rings (SSSR count). The number of rotatable bonds is 4. The van der Waals surface area contributed by atoms with Crippen molar-refractivity contribution in [3.8, 4) is 0 Å². The van der Waals surface area contributed by atoms with Crippen molar-refractivity contribution in [3.05, 3.63) is 24.0 Å². The highest BCUT2D eigenvalue weighted by Gasteiger charge is 2.22. The number of aromatic nitrogens is 2. The predicted molar refractivity (Wildman–Crippen MR) is 87.8 cm³/mol. The Balaban J connectivity index is 2.14. The van der Waals surface area contributed by atoms with Crippen LogP contribution in [0.25, 0.3) is 11.0 Å². The first-order valence-corrected chi connectivity index (χ1v) is 10.4. The van der Waals surface area contributed by atoms with Gasteiger partial charge in [0, 0.05) is 12.8 Å². The first-order chi connectivity index (χ1) is 10.0. The fourth-order valence-corrected chi connectivity index (χ4v) is 5.06. The summed E-state index contributed by atoms with van der Waals surface area (Å²) in [4.78, 5) is 4.77. The van der Waals surface area contributed by atoms with Crippen LogP contribution in [0.1, 0.15) is 12.2 Å². The maximum atomic E-state index is 11.9. The summed E-state index contributed by atoms with van der Waals surface area (Å²) in [6.07, 6.45) is 2.41. The largest absolute Gasteiger partial charge is 0.327 e. The summed E-state index contributed by atoms with van der Waals surface area (Å²) in [6, 6.07) is 5.31. The summed E-state index contributed by atoms with van der Waals surface area (Å²) in [5, 5.41) is 0. The van der Waals surface area contributed by atoms with E-state index in [4.69, 9.17) is 11.6 Å². The minimum Gasteiger partial charge on any atom is -0.327 e. The van der Waals surface area contributed by atoms with Crippen molar-refractivity contribution in [1.82, 2.24) is 9.55 Å². The second-order valence-corrected chi connectivity index (χ2v) is 8.80. The van der Waals surface area contributed by atoms with Gasteiger partial charge in [-0.2, -0.15) is 11.8 Å². The molecule has 1 atom stereocenters. The van der Waals surface area contributed by atoms with Crippen LogP contribution in [0.2, 0.25) is 0 Å². The molecular formula is C14H17ClN2O2S2. The van der Waals surface area contributed by atoms with Crippen LogP contribution < -0.4 is 0 Å². The Kier molecular flexibility index (Phi) is 4.21. The molecular weight excluding hydrogens is 328 g/mol. The summed E-state index contributed by atoms with van der Waals surface area (Å²) in [5.41, 5.74) is 1.41. The van der Waals surface area contributed by atoms with Crippen molar-refractivity contribution >= 4 is 44.2 Å². The van der Waals surface area contributed by atoms with Gasteiger partial charge in [-0.3, -0.25) is 0 Å². The highest BCUT2D eigenvalue weighted by Crippen LogP contribution is 2.29. The van der Waals surface area contributed by atoms with Crippen molar-refractivity contribution in [2.75, 3.05) is 17.8 Å². The van der Waals surface area contributed by atoms with Crippen LogP contribution in [-0.2, 0) is 22.3 Å². The molecule has 2 aromatic rings. The summed E-state index contributed by atoms with van der Waals surface area (Å²) in [7, 11) is -3.29. The van der Waals surface area contributed by atoms with E-state index in [0.717, 1.165) is 23.6 Å². The summed E-state index contributed by atoms with van der Waals surface area (Å²) < 4.78 is 25.9. The molecule has 7 heteroatoms. The van der Waals surface area contributed by atoms with E-state index in [2.05, 4.69) is 9.55 Å². The predicted octanol–water partition coefficient (Wildman–Crippen LogP) is 2.93. The van der Waals surface area contributed by atoms with Gasteiger partial charge in [-0.1, -0.05) is 6.07 Å². The minimum atomic E-state index is -3.29. The molecule has 0 radical (unpaired) electrons. The van der Waals surface area contributed by atoms with E-state index >= 15 is 0 Å². The highest BCUT2D eigenvalue weighted by atomic mass is 35.5. The number of benzene rings is 1. The molecule has 0 N–H and O–H groups in total. The third-order valence-electron chi connectivity index (χ3n) is 3.80. The van der Waals surface area contributed by atoms with Crippen molar-refractivity contribution < 1.29 is 8.42 Å². The van der Waals surface area contributed by atoms with Gasteiger partial charge < -0.3 is 4.57 Å². The molecule has 1 aliphatic heterocycles. The molecule has 1 aromatic carbocycles. The van der Waals surface area contributed by atoms with E-state index in [0.29, 0.717) is 11.4 Å². The van der Waals surface area contributed by atoms with Gasteiger partial charge >= 0.3 is 0 Å². The molecule has 2 heterocycles. The van der Waals surface area contributed by atoms with Gasteiger partial charge in [-0.25, -0.2) is 13.4 Å². The highest BCUT2D eigenvalue weighted by molar-refractivity contribution is 7.99. The third-order valence-corrected chi connectivity index (χ3v) is 6.40. The van der Waals surface area contributed by atoms with Crippen LogP contribution in [0.3, 0.4) is 0 Å². The number of fused-ring (bicyclic) bond motifs is 1. The van der Waals surface area contributed by atoms with Gasteiger partial charge in [-0.05, 0) is 36.0 Å². The molecule has 1 unspecified atom stereocenters. The molecule has 114 valence electrons. The zero-order valence-corrected chi connectivity index (χ0v) is 14.1. The quantitative estimate of drug-likeness (QED) is 0.800. The van der Waals surface area contributed by atoms with Gasteiger partial charge in [0.15, 0.2) is 9.84 Å². The number of alkyl halides is 1. The van der Waals surface area contributed by atoms with Crippen LogP contribution >= 0.6 is 23.4 Å². The lowest BCUT2D eigenvalue weighted by Gasteiger charge is -2.12. The Morgan fingerprint density at radius 2 is 2.29 bits per heavy atom. The topological polar surface area (TPSA) is 52.0 Å². The minimum absolute atomic E-state index is 0.283. The average molecular weight is 345 g/mol. The Morgan fingerprint density at radius 1 is 1.48 bits per heavy atom. The summed E-state index contributed by atoms with van der Waals surface area (Å²) >= 11 is 7.99. The molecule has 0 saturated carbocycles. The zero-order valence-electron chi connectivity index (χ0n) is 11.8. The second-order valence-electron chi connectivity index (χ2n) is 5.40. The van der Waals surface area contributed by atoms with Crippen LogP contribution in [0, 0.1) is 5.92 Å². The lowest BCUT2D eigenvalue weighted by Crippen LogP contribution is -2.12. The molecule has 1 aliphatic rings. The van der Waals surface area contributed by atoms with E-state index in [1.807, 2.05) is 17.8 Å². The number of sulfone groups is 1. The number of hydrogen-bond acceptors (Lipinski definition) is 4. The molecule has 0 amide bonds. The van der Waals surface area contributed by atoms with Gasteiger partial charge in [0.2, 0.25) is 0 Å². The first kappa shape index (κ1) is 15.2. The molecule has 21 heavy (non-hydrogen) atoms. The molecule has 1 saturated heterocycles. The van der Waals surface area contributed by atoms with Crippen LogP contribution in [0.5, 0.6) is 0 Å². The number of imidazole rings is 1. The SMILES string of the molecule is CS(=O)(=O)c1cccc2c1nc(CCl)n2CC1CCSC1. The maximum absolute atomic E-state index is 11.9. The van der Waals surface area contributed by atoms with Gasteiger partial charge in [0.1, 0.15) is 11.3 Å². The Hall–Kier alpha value is -0.720. The molecule has 1 fully saturated rings. The maximum Gasteiger partial charge on any atom is 0.177 e. The molecule has 4 nitrogen and oxygen atoms in total. The number of para-hydroxylation sites is 1. The van der Waals surface area contributed by atoms with E-state index in [-0.39, 0.29) is 10.8 Å². The van der Waals surface area contributed by atoms with E-state index in [9.17, 15) is 8.42 Å². The number of halogens is 1. The smallest absolute Gasteiger partial charge is 0.177 e. The first-order valence-electron chi connectivity index (χ1n) is 6.82. The molecule has 0 aliphatic carbocycles.